The molecule has 2 rings (SSSR count). The van der Waals surface area contributed by atoms with Crippen LogP contribution in [0.15, 0.2) is 24.3 Å². The highest BCUT2D eigenvalue weighted by Crippen LogP contribution is 2.32. The maximum Gasteiger partial charge on any atom is 0.0839 e. The van der Waals surface area contributed by atoms with Gasteiger partial charge in [0.15, 0.2) is 0 Å². The molecule has 0 aromatic heterocycles. The summed E-state index contributed by atoms with van der Waals surface area (Å²) < 4.78 is 5.52. The zero-order valence-corrected chi connectivity index (χ0v) is 8.37. The van der Waals surface area contributed by atoms with Crippen molar-refractivity contribution in [1.82, 2.24) is 0 Å². The van der Waals surface area contributed by atoms with Crippen LogP contribution < -0.4 is 0 Å². The number of nitriles is 1. The Morgan fingerprint density at radius 1 is 1.36 bits per heavy atom. The van der Waals surface area contributed by atoms with Gasteiger partial charge in [0.05, 0.1) is 24.7 Å². The monoisotopic (exact) mass is 207 g/mol. The van der Waals surface area contributed by atoms with Gasteiger partial charge in [-0.2, -0.15) is 5.26 Å². The molecule has 0 radical (unpaired) electrons. The van der Waals surface area contributed by atoms with E-state index in [0.717, 1.165) is 17.0 Å². The molecule has 0 saturated carbocycles. The predicted molar refractivity (Wildman–Crippen MR) is 53.9 cm³/mol. The third-order valence-electron chi connectivity index (χ3n) is 2.42. The van der Waals surface area contributed by atoms with E-state index < -0.39 is 0 Å². The summed E-state index contributed by atoms with van der Waals surface area (Å²) in [5.41, 5.74) is 1.10. The van der Waals surface area contributed by atoms with E-state index in [0.29, 0.717) is 6.61 Å². The molecule has 3 heteroatoms. The Hall–Kier alpha value is -1.04. The minimum Gasteiger partial charge on any atom is -0.372 e. The van der Waals surface area contributed by atoms with Crippen LogP contribution in [0.2, 0.25) is 5.02 Å². The summed E-state index contributed by atoms with van der Waals surface area (Å²) in [6.07, 6.45) is 0.856. The predicted octanol–water partition coefficient (Wildman–Crippen LogP) is 2.94. The van der Waals surface area contributed by atoms with Gasteiger partial charge in [0.1, 0.15) is 0 Å². The van der Waals surface area contributed by atoms with Crippen LogP contribution in [-0.2, 0) is 4.74 Å². The Morgan fingerprint density at radius 3 is 2.64 bits per heavy atom. The van der Waals surface area contributed by atoms with Crippen molar-refractivity contribution in [1.29, 1.82) is 5.26 Å². The van der Waals surface area contributed by atoms with Gasteiger partial charge in [-0.15, -0.1) is 0 Å². The Bertz CT molecular complexity index is 355. The fourth-order valence-corrected chi connectivity index (χ4v) is 1.75. The zero-order chi connectivity index (χ0) is 9.97. The zero-order valence-electron chi connectivity index (χ0n) is 7.61. The second-order valence-electron chi connectivity index (χ2n) is 3.44. The van der Waals surface area contributed by atoms with Crippen molar-refractivity contribution < 1.29 is 4.74 Å². The van der Waals surface area contributed by atoms with Gasteiger partial charge in [-0.25, -0.2) is 0 Å². The summed E-state index contributed by atoms with van der Waals surface area (Å²) in [7, 11) is 0. The van der Waals surface area contributed by atoms with Crippen molar-refractivity contribution in [3.63, 3.8) is 0 Å². The van der Waals surface area contributed by atoms with E-state index in [2.05, 4.69) is 6.07 Å². The Labute approximate surface area is 88.1 Å². The van der Waals surface area contributed by atoms with Crippen molar-refractivity contribution >= 4 is 11.6 Å². The minimum absolute atomic E-state index is 0.0377. The first kappa shape index (κ1) is 9.51. The van der Waals surface area contributed by atoms with Gasteiger partial charge in [0, 0.05) is 5.02 Å². The van der Waals surface area contributed by atoms with Gasteiger partial charge in [0.2, 0.25) is 0 Å². The van der Waals surface area contributed by atoms with E-state index in [1.807, 2.05) is 24.3 Å². The third kappa shape index (κ3) is 1.89. The van der Waals surface area contributed by atoms with Crippen LogP contribution in [-0.4, -0.2) is 6.61 Å². The normalized spacial score (nSPS) is 26.0. The maximum atomic E-state index is 8.72. The molecule has 1 aliphatic rings. The summed E-state index contributed by atoms with van der Waals surface area (Å²) >= 11 is 5.78. The molecule has 0 aliphatic carbocycles. The lowest BCUT2D eigenvalue weighted by molar-refractivity contribution is 0.109. The lowest BCUT2D eigenvalue weighted by Gasteiger charge is -2.08. The van der Waals surface area contributed by atoms with Gasteiger partial charge >= 0.3 is 0 Å². The average Bonchev–Trinajstić information content (AvgIpc) is 2.67. The fourth-order valence-electron chi connectivity index (χ4n) is 1.63. The van der Waals surface area contributed by atoms with Crippen LogP contribution in [0.25, 0.3) is 0 Å². The molecule has 1 heterocycles. The van der Waals surface area contributed by atoms with Crippen LogP contribution in [0.4, 0.5) is 0 Å². The molecule has 0 N–H and O–H groups in total. The van der Waals surface area contributed by atoms with Gasteiger partial charge in [-0.05, 0) is 24.1 Å². The van der Waals surface area contributed by atoms with Crippen molar-refractivity contribution in [3.8, 4) is 6.07 Å². The number of rotatable bonds is 1. The molecule has 1 aromatic carbocycles. The van der Waals surface area contributed by atoms with E-state index in [9.17, 15) is 0 Å². The molecule has 1 fully saturated rings. The molecule has 14 heavy (non-hydrogen) atoms. The van der Waals surface area contributed by atoms with E-state index in [1.54, 1.807) is 0 Å². The summed E-state index contributed by atoms with van der Waals surface area (Å²) in [5.74, 6) is 0.0377. The van der Waals surface area contributed by atoms with Gasteiger partial charge in [-0.1, -0.05) is 23.7 Å². The lowest BCUT2D eigenvalue weighted by Crippen LogP contribution is -1.94. The first-order valence-electron chi connectivity index (χ1n) is 4.56. The molecule has 0 spiro atoms. The molecular weight excluding hydrogens is 198 g/mol. The minimum atomic E-state index is 0.0377. The smallest absolute Gasteiger partial charge is 0.0839 e. The van der Waals surface area contributed by atoms with E-state index in [1.165, 1.54) is 0 Å². The average molecular weight is 208 g/mol. The van der Waals surface area contributed by atoms with Crippen LogP contribution in [0.1, 0.15) is 18.1 Å². The molecule has 1 aromatic rings. The Morgan fingerprint density at radius 2 is 2.07 bits per heavy atom. The van der Waals surface area contributed by atoms with Gasteiger partial charge in [-0.3, -0.25) is 0 Å². The van der Waals surface area contributed by atoms with Gasteiger partial charge < -0.3 is 4.74 Å². The second kappa shape index (κ2) is 4.00. The SMILES string of the molecule is N#CC1COC(c2ccc(Cl)cc2)C1. The van der Waals surface area contributed by atoms with Crippen molar-refractivity contribution in [2.24, 2.45) is 5.92 Å². The van der Waals surface area contributed by atoms with Gasteiger partial charge in [0.25, 0.3) is 0 Å². The highest BCUT2D eigenvalue weighted by Gasteiger charge is 2.26. The molecule has 2 nitrogen and oxygen atoms in total. The molecule has 0 amide bonds. The standard InChI is InChI=1S/C11H10ClNO/c12-10-3-1-9(2-4-10)11-5-8(6-13)7-14-11/h1-4,8,11H,5,7H2. The number of hydrogen-bond acceptors (Lipinski definition) is 2. The van der Waals surface area contributed by atoms with Crippen LogP contribution >= 0.6 is 11.6 Å². The molecule has 0 bridgehead atoms. The number of benzene rings is 1. The fraction of sp³-hybridized carbons (Fsp3) is 0.364. The number of ether oxygens (including phenoxy) is 1. The molecular formula is C11H10ClNO. The number of nitrogens with zero attached hydrogens (tertiary/aromatic N) is 1. The maximum absolute atomic E-state index is 8.72. The third-order valence-corrected chi connectivity index (χ3v) is 2.67. The number of halogens is 1. The molecule has 2 atom stereocenters. The summed E-state index contributed by atoms with van der Waals surface area (Å²) in [5, 5.41) is 9.45. The Kier molecular flexibility index (Phi) is 2.72. The molecule has 1 saturated heterocycles. The van der Waals surface area contributed by atoms with Crippen LogP contribution in [0, 0.1) is 17.2 Å². The van der Waals surface area contributed by atoms with Crippen molar-refractivity contribution in [3.05, 3.63) is 34.9 Å². The first-order chi connectivity index (χ1) is 6.79. The largest absolute Gasteiger partial charge is 0.372 e. The van der Waals surface area contributed by atoms with Crippen LogP contribution in [0.3, 0.4) is 0 Å². The quantitative estimate of drug-likeness (QED) is 0.710. The van der Waals surface area contributed by atoms with E-state index in [-0.39, 0.29) is 12.0 Å². The van der Waals surface area contributed by atoms with Crippen molar-refractivity contribution in [2.45, 2.75) is 12.5 Å². The Balaban J connectivity index is 2.10. The van der Waals surface area contributed by atoms with E-state index >= 15 is 0 Å². The number of hydrogen-bond donors (Lipinski definition) is 0. The first-order valence-corrected chi connectivity index (χ1v) is 4.94. The highest BCUT2D eigenvalue weighted by molar-refractivity contribution is 6.30. The highest BCUT2D eigenvalue weighted by atomic mass is 35.5. The summed E-state index contributed by atoms with van der Waals surface area (Å²) in [6.45, 7) is 0.545. The second-order valence-corrected chi connectivity index (χ2v) is 3.87. The summed E-state index contributed by atoms with van der Waals surface area (Å²) in [4.78, 5) is 0. The topological polar surface area (TPSA) is 33.0 Å². The van der Waals surface area contributed by atoms with Crippen molar-refractivity contribution in [2.75, 3.05) is 6.61 Å². The van der Waals surface area contributed by atoms with Crippen LogP contribution in [0.5, 0.6) is 0 Å². The van der Waals surface area contributed by atoms with E-state index in [4.69, 9.17) is 21.6 Å². The molecule has 1 aliphatic heterocycles. The molecule has 72 valence electrons. The molecule has 2 unspecified atom stereocenters. The summed E-state index contributed by atoms with van der Waals surface area (Å²) in [6, 6.07) is 9.82. The lowest BCUT2D eigenvalue weighted by atomic mass is 10.0.